The fourth-order valence-electron chi connectivity index (χ4n) is 8.84. The average Bonchev–Trinajstić information content (AvgIpc) is 3.75. The van der Waals surface area contributed by atoms with Crippen LogP contribution in [0.2, 0.25) is 0 Å². The van der Waals surface area contributed by atoms with Crippen molar-refractivity contribution < 1.29 is 43.5 Å². The molecule has 12 N–H and O–H groups in total. The van der Waals surface area contributed by atoms with E-state index >= 15 is 0 Å². The first-order valence-corrected chi connectivity index (χ1v) is 24.7. The van der Waals surface area contributed by atoms with Gasteiger partial charge in [-0.2, -0.15) is 11.8 Å². The van der Waals surface area contributed by atoms with Gasteiger partial charge in [-0.05, 0) is 75.9 Å². The zero-order valence-corrected chi connectivity index (χ0v) is 40.8. The molecule has 1 unspecified atom stereocenters. The molecule has 1 aliphatic carbocycles. The second kappa shape index (κ2) is 27.4. The molecule has 1 saturated heterocycles. The number of likely N-dealkylation sites (N-methyl/N-ethyl adjacent to an activating group) is 1. The number of primary amides is 1. The monoisotopic (exact) mass is 958 g/mol. The Morgan fingerprint density at radius 3 is 2.12 bits per heavy atom. The number of aliphatic hydroxyl groups is 1. The molecule has 2 aliphatic rings. The Morgan fingerprint density at radius 1 is 0.881 bits per heavy atom. The summed E-state index contributed by atoms with van der Waals surface area (Å²) >= 11 is 1.44. The summed E-state index contributed by atoms with van der Waals surface area (Å²) in [6.45, 7) is 5.56. The molecule has 1 aromatic carbocycles. The number of carbonyl (C=O) groups excluding carboxylic acids is 8. The van der Waals surface area contributed by atoms with Crippen molar-refractivity contribution in [1.82, 2.24) is 36.4 Å². The van der Waals surface area contributed by atoms with Crippen molar-refractivity contribution in [2.24, 2.45) is 28.1 Å². The van der Waals surface area contributed by atoms with Crippen LogP contribution >= 0.6 is 11.8 Å². The predicted molar refractivity (Wildman–Crippen MR) is 257 cm³/mol. The van der Waals surface area contributed by atoms with Crippen molar-refractivity contribution in [3.05, 3.63) is 35.9 Å². The number of nitrogens with two attached hydrogens (primary N) is 3. The lowest BCUT2D eigenvalue weighted by molar-refractivity contribution is -0.145. The fraction of sp³-hybridized carbons (Fsp3) is 0.674. The smallest absolute Gasteiger partial charge is 0.245 e. The Labute approximate surface area is 398 Å². The SMILES string of the molecule is CCC[C@](C)(NC(=O)[C@H](CO)NC(=O)[C@@H]1C(c2ccccc2)CCN1C(=O)[C@H](CCSC)NC(=O)[C@H](C)N(C)C(=O)[C@H](CCCN=C(N)N)NC(=O)[C@H](CC1CCCCC1)NC(C)=O)C(N)=O. The van der Waals surface area contributed by atoms with E-state index in [1.54, 1.807) is 12.1 Å². The van der Waals surface area contributed by atoms with E-state index in [0.29, 0.717) is 31.4 Å². The molecular weight excluding hydrogens is 883 g/mol. The Kier molecular flexibility index (Phi) is 22.8. The molecule has 21 heteroatoms. The van der Waals surface area contributed by atoms with E-state index in [1.807, 2.05) is 31.4 Å². The average molecular weight is 958 g/mol. The predicted octanol–water partition coefficient (Wildman–Crippen LogP) is 0.107. The molecule has 374 valence electrons. The van der Waals surface area contributed by atoms with Gasteiger partial charge in [-0.25, -0.2) is 0 Å². The van der Waals surface area contributed by atoms with Gasteiger partial charge < -0.3 is 58.7 Å². The largest absolute Gasteiger partial charge is 0.394 e. The highest BCUT2D eigenvalue weighted by atomic mass is 32.2. The maximum absolute atomic E-state index is 14.7. The summed E-state index contributed by atoms with van der Waals surface area (Å²) in [6, 6.07) is 2.10. The number of likely N-dealkylation sites (tertiary alicyclic amines) is 1. The van der Waals surface area contributed by atoms with Crippen LogP contribution in [-0.4, -0.2) is 149 Å². The molecule has 1 aliphatic heterocycles. The third-order valence-corrected chi connectivity index (χ3v) is 13.4. The molecule has 1 aromatic rings. The van der Waals surface area contributed by atoms with E-state index in [9.17, 15) is 43.5 Å². The van der Waals surface area contributed by atoms with Gasteiger partial charge in [0.1, 0.15) is 41.8 Å². The minimum Gasteiger partial charge on any atom is -0.394 e. The van der Waals surface area contributed by atoms with Crippen LogP contribution in [0.4, 0.5) is 0 Å². The first-order valence-electron chi connectivity index (χ1n) is 23.4. The van der Waals surface area contributed by atoms with Gasteiger partial charge >= 0.3 is 0 Å². The van der Waals surface area contributed by atoms with Crippen LogP contribution in [0.15, 0.2) is 35.3 Å². The zero-order chi connectivity index (χ0) is 49.8. The summed E-state index contributed by atoms with van der Waals surface area (Å²) < 4.78 is 0. The highest BCUT2D eigenvalue weighted by molar-refractivity contribution is 7.98. The van der Waals surface area contributed by atoms with E-state index in [0.717, 1.165) is 37.7 Å². The summed E-state index contributed by atoms with van der Waals surface area (Å²) in [5.74, 6) is -5.09. The minimum absolute atomic E-state index is 0.105. The Morgan fingerprint density at radius 2 is 1.54 bits per heavy atom. The summed E-state index contributed by atoms with van der Waals surface area (Å²) in [4.78, 5) is 116. The number of aliphatic hydroxyl groups excluding tert-OH is 1. The van der Waals surface area contributed by atoms with Crippen molar-refractivity contribution in [3.63, 3.8) is 0 Å². The standard InChI is InChI=1S/C46H75N11O9S/c1-7-22-46(4,44(47)66)55-40(62)36(27-58)54-41(63)37-32(31-17-12-9-13-18-31)20-24-57(37)43(65)34(21-25-67-6)52-38(60)28(2)56(5)42(64)33(19-14-23-50-45(48)49)53-39(61)35(51-29(3)59)26-30-15-10-8-11-16-30/h9,12-13,17-18,28,30,32-37,58H,7-8,10-11,14-16,19-27H2,1-6H3,(H2,47,66)(H,51,59)(H,52,60)(H,53,61)(H,54,63)(H,55,62)(H4,48,49,50)/t28-,32?,33-,34-,35-,36-,37-,46-/m0/s1. The van der Waals surface area contributed by atoms with Gasteiger partial charge in [0.2, 0.25) is 47.3 Å². The first-order chi connectivity index (χ1) is 31.8. The third kappa shape index (κ3) is 16.7. The van der Waals surface area contributed by atoms with Gasteiger partial charge in [0.05, 0.1) is 6.61 Å². The maximum Gasteiger partial charge on any atom is 0.245 e. The number of guanidine groups is 1. The van der Waals surface area contributed by atoms with Crippen LogP contribution < -0.4 is 43.8 Å². The topological polar surface area (TPSA) is 314 Å². The Bertz CT molecular complexity index is 1880. The third-order valence-electron chi connectivity index (χ3n) is 12.8. The molecule has 1 saturated carbocycles. The summed E-state index contributed by atoms with van der Waals surface area (Å²) in [5, 5.41) is 23.9. The van der Waals surface area contributed by atoms with E-state index in [-0.39, 0.29) is 50.1 Å². The van der Waals surface area contributed by atoms with Crippen LogP contribution in [0, 0.1) is 5.92 Å². The number of benzene rings is 1. The molecule has 67 heavy (non-hydrogen) atoms. The number of aliphatic imine (C=N–C) groups is 1. The Balaban J connectivity index is 1.88. The normalized spacial score (nSPS) is 19.2. The van der Waals surface area contributed by atoms with Gasteiger partial charge in [0, 0.05) is 33.0 Å². The maximum atomic E-state index is 14.7. The molecular formula is C46H75N11O9S. The molecule has 0 radical (unpaired) electrons. The Hall–Kier alpha value is -5.44. The summed E-state index contributed by atoms with van der Waals surface area (Å²) in [6.07, 6.45) is 8.95. The van der Waals surface area contributed by atoms with Crippen molar-refractivity contribution in [1.29, 1.82) is 0 Å². The van der Waals surface area contributed by atoms with Crippen molar-refractivity contribution in [3.8, 4) is 0 Å². The number of nitrogens with zero attached hydrogens (tertiary/aromatic N) is 3. The van der Waals surface area contributed by atoms with Gasteiger partial charge in [0.25, 0.3) is 0 Å². The number of amides is 8. The lowest BCUT2D eigenvalue weighted by atomic mass is 9.84. The van der Waals surface area contributed by atoms with Crippen LogP contribution in [0.3, 0.4) is 0 Å². The second-order valence-corrected chi connectivity index (χ2v) is 18.9. The van der Waals surface area contributed by atoms with E-state index < -0.39 is 95.7 Å². The number of carbonyl (C=O) groups is 8. The van der Waals surface area contributed by atoms with E-state index in [4.69, 9.17) is 17.2 Å². The van der Waals surface area contributed by atoms with Crippen LogP contribution in [0.5, 0.6) is 0 Å². The van der Waals surface area contributed by atoms with Gasteiger partial charge in [0.15, 0.2) is 5.96 Å². The molecule has 3 rings (SSSR count). The van der Waals surface area contributed by atoms with Gasteiger partial charge in [-0.3, -0.25) is 43.3 Å². The van der Waals surface area contributed by atoms with E-state index in [1.165, 1.54) is 49.4 Å². The van der Waals surface area contributed by atoms with Crippen molar-refractivity contribution >= 4 is 65.0 Å². The lowest BCUT2D eigenvalue weighted by Gasteiger charge is -2.34. The molecule has 2 fully saturated rings. The van der Waals surface area contributed by atoms with Crippen molar-refractivity contribution in [2.75, 3.05) is 38.8 Å². The number of nitrogens with one attached hydrogen (secondary N) is 5. The molecule has 8 atom stereocenters. The zero-order valence-electron chi connectivity index (χ0n) is 40.0. The van der Waals surface area contributed by atoms with Gasteiger partial charge in [-0.15, -0.1) is 0 Å². The van der Waals surface area contributed by atoms with Gasteiger partial charge in [-0.1, -0.05) is 75.8 Å². The second-order valence-electron chi connectivity index (χ2n) is 17.9. The molecule has 20 nitrogen and oxygen atoms in total. The molecule has 0 bridgehead atoms. The van der Waals surface area contributed by atoms with Crippen LogP contribution in [-0.2, 0) is 38.4 Å². The van der Waals surface area contributed by atoms with Crippen LogP contribution in [0.1, 0.15) is 116 Å². The molecule has 0 aromatic heterocycles. The fourth-order valence-corrected chi connectivity index (χ4v) is 9.31. The molecule has 0 spiro atoms. The number of hydrogen-bond donors (Lipinski definition) is 9. The lowest BCUT2D eigenvalue weighted by Crippen LogP contribution is -2.62. The highest BCUT2D eigenvalue weighted by Gasteiger charge is 2.46. The van der Waals surface area contributed by atoms with Crippen molar-refractivity contribution in [2.45, 2.75) is 152 Å². The first kappa shape index (κ1) is 55.9. The van der Waals surface area contributed by atoms with E-state index in [2.05, 4.69) is 31.6 Å². The number of thioether (sulfide) groups is 1. The van der Waals surface area contributed by atoms with Crippen LogP contribution in [0.25, 0.3) is 0 Å². The number of hydrogen-bond acceptors (Lipinski definition) is 11. The quantitative estimate of drug-likeness (QED) is 0.0340. The molecule has 1 heterocycles. The molecule has 8 amide bonds. The number of rotatable bonds is 26. The summed E-state index contributed by atoms with van der Waals surface area (Å²) in [7, 11) is 1.42. The minimum atomic E-state index is -1.49. The highest BCUT2D eigenvalue weighted by Crippen LogP contribution is 2.35. The summed E-state index contributed by atoms with van der Waals surface area (Å²) in [5.41, 5.74) is 15.9.